The summed E-state index contributed by atoms with van der Waals surface area (Å²) in [5.74, 6) is 0.554. The molecular formula is C24H37N3O3. The van der Waals surface area contributed by atoms with Gasteiger partial charge in [-0.1, -0.05) is 30.3 Å². The number of carbonyl (C=O) groups is 2. The maximum absolute atomic E-state index is 12.8. The SMILES string of the molecule is CC(C)(C)OC(=O)N1CCCC(CCNC(=O)C2CCCN2Cc2ccccc2)C1. The van der Waals surface area contributed by atoms with Gasteiger partial charge in [0.05, 0.1) is 6.04 Å². The number of hydrogen-bond acceptors (Lipinski definition) is 4. The lowest BCUT2D eigenvalue weighted by molar-refractivity contribution is -0.125. The van der Waals surface area contributed by atoms with E-state index in [0.717, 1.165) is 51.7 Å². The molecule has 2 amide bonds. The third kappa shape index (κ3) is 6.73. The van der Waals surface area contributed by atoms with Crippen LogP contribution in [0.15, 0.2) is 30.3 Å². The van der Waals surface area contributed by atoms with E-state index in [0.29, 0.717) is 19.0 Å². The molecule has 2 aliphatic rings. The van der Waals surface area contributed by atoms with E-state index in [-0.39, 0.29) is 18.0 Å². The van der Waals surface area contributed by atoms with Gasteiger partial charge in [0.15, 0.2) is 0 Å². The van der Waals surface area contributed by atoms with Gasteiger partial charge in [-0.05, 0) is 70.9 Å². The van der Waals surface area contributed by atoms with Crippen molar-refractivity contribution in [2.45, 2.75) is 71.1 Å². The second-order valence-corrected chi connectivity index (χ2v) is 9.63. The molecule has 0 aromatic heterocycles. The molecule has 2 aliphatic heterocycles. The molecular weight excluding hydrogens is 378 g/mol. The minimum Gasteiger partial charge on any atom is -0.444 e. The van der Waals surface area contributed by atoms with E-state index >= 15 is 0 Å². The van der Waals surface area contributed by atoms with E-state index in [1.54, 1.807) is 0 Å². The second kappa shape index (κ2) is 10.3. The second-order valence-electron chi connectivity index (χ2n) is 9.63. The highest BCUT2D eigenvalue weighted by Gasteiger charge is 2.31. The van der Waals surface area contributed by atoms with E-state index in [1.165, 1.54) is 5.56 Å². The highest BCUT2D eigenvalue weighted by molar-refractivity contribution is 5.82. The Morgan fingerprint density at radius 2 is 1.83 bits per heavy atom. The van der Waals surface area contributed by atoms with Crippen LogP contribution in [0.3, 0.4) is 0 Å². The fraction of sp³-hybridized carbons (Fsp3) is 0.667. The predicted octanol–water partition coefficient (Wildman–Crippen LogP) is 3.80. The Morgan fingerprint density at radius 1 is 1.10 bits per heavy atom. The minimum atomic E-state index is -0.467. The summed E-state index contributed by atoms with van der Waals surface area (Å²) in [6, 6.07) is 10.3. The van der Waals surface area contributed by atoms with Crippen molar-refractivity contribution in [1.29, 1.82) is 0 Å². The zero-order chi connectivity index (χ0) is 21.6. The van der Waals surface area contributed by atoms with Gasteiger partial charge in [0.1, 0.15) is 5.60 Å². The molecule has 6 nitrogen and oxygen atoms in total. The number of ether oxygens (including phenoxy) is 1. The van der Waals surface area contributed by atoms with Gasteiger partial charge >= 0.3 is 6.09 Å². The molecule has 166 valence electrons. The summed E-state index contributed by atoms with van der Waals surface area (Å²) in [4.78, 5) is 29.2. The smallest absolute Gasteiger partial charge is 0.410 e. The van der Waals surface area contributed by atoms with Crippen LogP contribution in [0.4, 0.5) is 4.79 Å². The van der Waals surface area contributed by atoms with Crippen LogP contribution in [0.5, 0.6) is 0 Å². The molecule has 2 unspecified atom stereocenters. The molecule has 2 heterocycles. The van der Waals surface area contributed by atoms with Crippen LogP contribution >= 0.6 is 0 Å². The fourth-order valence-electron chi connectivity index (χ4n) is 4.44. The Balaban J connectivity index is 1.42. The first kappa shape index (κ1) is 22.6. The van der Waals surface area contributed by atoms with Gasteiger partial charge in [-0.3, -0.25) is 9.69 Å². The lowest BCUT2D eigenvalue weighted by Crippen LogP contribution is -2.45. The fourth-order valence-corrected chi connectivity index (χ4v) is 4.44. The van der Waals surface area contributed by atoms with Crippen LogP contribution < -0.4 is 5.32 Å². The summed E-state index contributed by atoms with van der Waals surface area (Å²) in [5, 5.41) is 3.15. The Labute approximate surface area is 180 Å². The van der Waals surface area contributed by atoms with Crippen LogP contribution in [0.1, 0.15) is 58.4 Å². The largest absolute Gasteiger partial charge is 0.444 e. The number of carbonyl (C=O) groups excluding carboxylic acids is 2. The van der Waals surface area contributed by atoms with Crippen molar-refractivity contribution < 1.29 is 14.3 Å². The number of amides is 2. The highest BCUT2D eigenvalue weighted by Crippen LogP contribution is 2.22. The van der Waals surface area contributed by atoms with E-state index in [4.69, 9.17) is 4.74 Å². The summed E-state index contributed by atoms with van der Waals surface area (Å²) in [7, 11) is 0. The van der Waals surface area contributed by atoms with Crippen molar-refractivity contribution in [2.75, 3.05) is 26.2 Å². The molecule has 6 heteroatoms. The number of benzene rings is 1. The van der Waals surface area contributed by atoms with Gasteiger partial charge in [0, 0.05) is 26.2 Å². The average Bonchev–Trinajstić information content (AvgIpc) is 3.16. The molecule has 1 aromatic rings. The van der Waals surface area contributed by atoms with Gasteiger partial charge in [0.25, 0.3) is 0 Å². The molecule has 0 bridgehead atoms. The lowest BCUT2D eigenvalue weighted by Gasteiger charge is -2.34. The van der Waals surface area contributed by atoms with Gasteiger partial charge in [0.2, 0.25) is 5.91 Å². The molecule has 2 fully saturated rings. The number of hydrogen-bond donors (Lipinski definition) is 1. The monoisotopic (exact) mass is 415 g/mol. The molecule has 1 N–H and O–H groups in total. The first-order valence-corrected chi connectivity index (χ1v) is 11.4. The van der Waals surface area contributed by atoms with Crippen molar-refractivity contribution in [2.24, 2.45) is 5.92 Å². The normalized spacial score (nSPS) is 22.7. The third-order valence-corrected chi connectivity index (χ3v) is 5.92. The number of nitrogens with one attached hydrogen (secondary N) is 1. The first-order valence-electron chi connectivity index (χ1n) is 11.4. The molecule has 0 spiro atoms. The topological polar surface area (TPSA) is 61.9 Å². The van der Waals surface area contributed by atoms with Gasteiger partial charge < -0.3 is 15.0 Å². The van der Waals surface area contributed by atoms with Crippen molar-refractivity contribution in [1.82, 2.24) is 15.1 Å². The molecule has 2 atom stereocenters. The summed E-state index contributed by atoms with van der Waals surface area (Å²) >= 11 is 0. The number of piperidine rings is 1. The van der Waals surface area contributed by atoms with Crippen LogP contribution in [0, 0.1) is 5.92 Å². The quantitative estimate of drug-likeness (QED) is 0.768. The predicted molar refractivity (Wildman–Crippen MR) is 118 cm³/mol. The zero-order valence-corrected chi connectivity index (χ0v) is 18.7. The minimum absolute atomic E-state index is 0.0326. The summed E-state index contributed by atoms with van der Waals surface area (Å²) in [6.07, 6.45) is 4.76. The first-order chi connectivity index (χ1) is 14.3. The van der Waals surface area contributed by atoms with E-state index in [1.807, 2.05) is 43.9 Å². The van der Waals surface area contributed by atoms with Crippen LogP contribution in [0.25, 0.3) is 0 Å². The Kier molecular flexibility index (Phi) is 7.75. The highest BCUT2D eigenvalue weighted by atomic mass is 16.6. The van der Waals surface area contributed by atoms with E-state index in [2.05, 4.69) is 22.3 Å². The van der Waals surface area contributed by atoms with Gasteiger partial charge in [-0.25, -0.2) is 4.79 Å². The molecule has 1 aromatic carbocycles. The molecule has 30 heavy (non-hydrogen) atoms. The standard InChI is InChI=1S/C24H37N3O3/c1-24(2,3)30-23(29)27-16-7-11-20(18-27)13-14-25-22(28)21-12-8-15-26(21)17-19-9-5-4-6-10-19/h4-6,9-10,20-21H,7-8,11-18H2,1-3H3,(H,25,28). The Morgan fingerprint density at radius 3 is 2.57 bits per heavy atom. The van der Waals surface area contributed by atoms with Crippen LogP contribution in [-0.4, -0.2) is 59.6 Å². The lowest BCUT2D eigenvalue weighted by atomic mass is 9.95. The Bertz CT molecular complexity index is 701. The van der Waals surface area contributed by atoms with Crippen molar-refractivity contribution in [3.8, 4) is 0 Å². The average molecular weight is 416 g/mol. The number of nitrogens with zero attached hydrogens (tertiary/aromatic N) is 2. The number of likely N-dealkylation sites (tertiary alicyclic amines) is 2. The molecule has 3 rings (SSSR count). The molecule has 0 saturated carbocycles. The van der Waals surface area contributed by atoms with Gasteiger partial charge in [-0.2, -0.15) is 0 Å². The maximum Gasteiger partial charge on any atom is 0.410 e. The van der Waals surface area contributed by atoms with E-state index < -0.39 is 5.60 Å². The van der Waals surface area contributed by atoms with Crippen molar-refractivity contribution >= 4 is 12.0 Å². The third-order valence-electron chi connectivity index (χ3n) is 5.92. The van der Waals surface area contributed by atoms with Crippen LogP contribution in [0.2, 0.25) is 0 Å². The van der Waals surface area contributed by atoms with Crippen molar-refractivity contribution in [3.63, 3.8) is 0 Å². The number of rotatable bonds is 6. The molecule has 0 radical (unpaired) electrons. The van der Waals surface area contributed by atoms with E-state index in [9.17, 15) is 9.59 Å². The Hall–Kier alpha value is -2.08. The molecule has 2 saturated heterocycles. The van der Waals surface area contributed by atoms with Gasteiger partial charge in [-0.15, -0.1) is 0 Å². The van der Waals surface area contributed by atoms with Crippen LogP contribution in [-0.2, 0) is 16.1 Å². The zero-order valence-electron chi connectivity index (χ0n) is 18.7. The summed E-state index contributed by atoms with van der Waals surface area (Å²) < 4.78 is 5.51. The summed E-state index contributed by atoms with van der Waals surface area (Å²) in [6.45, 7) is 9.63. The van der Waals surface area contributed by atoms with Crippen molar-refractivity contribution in [3.05, 3.63) is 35.9 Å². The molecule has 0 aliphatic carbocycles. The summed E-state index contributed by atoms with van der Waals surface area (Å²) in [5.41, 5.74) is 0.784. The maximum atomic E-state index is 12.8.